The second-order valence-electron chi connectivity index (χ2n) is 10.3. The van der Waals surface area contributed by atoms with Crippen LogP contribution in [-0.4, -0.2) is 25.2 Å². The molecule has 0 aliphatic heterocycles. The van der Waals surface area contributed by atoms with E-state index >= 15 is 0 Å². The summed E-state index contributed by atoms with van der Waals surface area (Å²) in [4.78, 5) is 26.4. The summed E-state index contributed by atoms with van der Waals surface area (Å²) in [6.45, 7) is 16.6. The molecule has 25 heavy (non-hydrogen) atoms. The van der Waals surface area contributed by atoms with Crippen molar-refractivity contribution in [2.75, 3.05) is 13.2 Å². The largest absolute Gasteiger partial charge is 0.464 e. The third-order valence-electron chi connectivity index (χ3n) is 4.86. The predicted octanol–water partition coefficient (Wildman–Crippen LogP) is 5.00. The van der Waals surface area contributed by atoms with Gasteiger partial charge in [-0.1, -0.05) is 68.2 Å². The fourth-order valence-corrected chi connectivity index (χ4v) is 3.54. The maximum atomic E-state index is 13.2. The third-order valence-corrected chi connectivity index (χ3v) is 4.86. The molecule has 0 aromatic rings. The molecule has 0 atom stereocenters. The zero-order valence-electron chi connectivity index (χ0n) is 17.5. The molecular weight excluding hydrogens is 316 g/mol. The lowest BCUT2D eigenvalue weighted by atomic mass is 9.66. The van der Waals surface area contributed by atoms with Gasteiger partial charge in [0.1, 0.15) is 0 Å². The van der Waals surface area contributed by atoms with Gasteiger partial charge >= 0.3 is 11.9 Å². The Labute approximate surface area is 154 Å². The summed E-state index contributed by atoms with van der Waals surface area (Å²) in [7, 11) is 0. The highest BCUT2D eigenvalue weighted by Crippen LogP contribution is 2.47. The lowest BCUT2D eigenvalue weighted by Crippen LogP contribution is -2.51. The highest BCUT2D eigenvalue weighted by Gasteiger charge is 2.57. The Hall–Kier alpha value is -1.06. The minimum absolute atomic E-state index is 0.00689. The van der Waals surface area contributed by atoms with Crippen LogP contribution in [0.3, 0.4) is 0 Å². The molecule has 0 saturated heterocycles. The first-order valence-electron chi connectivity index (χ1n) is 9.65. The van der Waals surface area contributed by atoms with Crippen molar-refractivity contribution in [2.45, 2.75) is 81.1 Å². The number of esters is 2. The average molecular weight is 355 g/mol. The van der Waals surface area contributed by atoms with Crippen molar-refractivity contribution in [1.82, 2.24) is 0 Å². The van der Waals surface area contributed by atoms with Crippen LogP contribution in [0.4, 0.5) is 0 Å². The molecule has 1 rings (SSSR count). The van der Waals surface area contributed by atoms with E-state index in [4.69, 9.17) is 9.47 Å². The van der Waals surface area contributed by atoms with Gasteiger partial charge in [-0.05, 0) is 35.5 Å². The number of rotatable bonds is 6. The Morgan fingerprint density at radius 3 is 1.48 bits per heavy atom. The Balaban J connectivity index is 3.14. The van der Waals surface area contributed by atoms with Crippen LogP contribution in [0.25, 0.3) is 0 Å². The average Bonchev–Trinajstić information content (AvgIpc) is 2.96. The predicted molar refractivity (Wildman–Crippen MR) is 100 cm³/mol. The molecule has 1 fully saturated rings. The fourth-order valence-electron chi connectivity index (χ4n) is 3.54. The van der Waals surface area contributed by atoms with Gasteiger partial charge in [-0.3, -0.25) is 9.59 Å². The molecule has 1 saturated carbocycles. The van der Waals surface area contributed by atoms with E-state index < -0.39 is 17.4 Å². The lowest BCUT2D eigenvalue weighted by Gasteiger charge is -2.39. The topological polar surface area (TPSA) is 52.6 Å². The molecule has 146 valence electrons. The zero-order valence-corrected chi connectivity index (χ0v) is 17.5. The smallest absolute Gasteiger partial charge is 0.324 e. The van der Waals surface area contributed by atoms with Crippen LogP contribution >= 0.6 is 0 Å². The molecule has 0 radical (unpaired) electrons. The van der Waals surface area contributed by atoms with Crippen LogP contribution < -0.4 is 0 Å². The van der Waals surface area contributed by atoms with Crippen molar-refractivity contribution in [3.05, 3.63) is 0 Å². The van der Waals surface area contributed by atoms with Gasteiger partial charge in [0.05, 0.1) is 13.2 Å². The Bertz CT molecular complexity index is 429. The summed E-state index contributed by atoms with van der Waals surface area (Å²) in [5.41, 5.74) is -1.46. The first-order chi connectivity index (χ1) is 11.3. The van der Waals surface area contributed by atoms with Gasteiger partial charge in [-0.25, -0.2) is 0 Å². The van der Waals surface area contributed by atoms with Crippen molar-refractivity contribution in [3.63, 3.8) is 0 Å². The minimum Gasteiger partial charge on any atom is -0.464 e. The van der Waals surface area contributed by atoms with Gasteiger partial charge in [0.15, 0.2) is 5.41 Å². The van der Waals surface area contributed by atoms with E-state index in [-0.39, 0.29) is 22.7 Å². The SMILES string of the molecule is CC(C)C(C(=O)OCC(C)(C)C)(C(=O)OCC(C)(C)C)C1CCCC1. The van der Waals surface area contributed by atoms with Crippen molar-refractivity contribution < 1.29 is 19.1 Å². The van der Waals surface area contributed by atoms with Gasteiger partial charge < -0.3 is 9.47 Å². The van der Waals surface area contributed by atoms with Gasteiger partial charge in [-0.15, -0.1) is 0 Å². The first kappa shape index (κ1) is 22.0. The van der Waals surface area contributed by atoms with E-state index in [0.29, 0.717) is 13.2 Å². The molecule has 0 aromatic carbocycles. The molecular formula is C21H38O4. The fraction of sp³-hybridized carbons (Fsp3) is 0.905. The summed E-state index contributed by atoms with van der Waals surface area (Å²) in [5.74, 6) is -0.950. The van der Waals surface area contributed by atoms with E-state index in [0.717, 1.165) is 25.7 Å². The second kappa shape index (κ2) is 8.09. The maximum Gasteiger partial charge on any atom is 0.324 e. The lowest BCUT2D eigenvalue weighted by molar-refractivity contribution is -0.185. The van der Waals surface area contributed by atoms with Crippen LogP contribution in [0.5, 0.6) is 0 Å². The molecule has 0 unspecified atom stereocenters. The summed E-state index contributed by atoms with van der Waals surface area (Å²) in [6.07, 6.45) is 3.87. The van der Waals surface area contributed by atoms with E-state index in [1.807, 2.05) is 55.4 Å². The molecule has 0 bridgehead atoms. The molecule has 1 aliphatic rings. The van der Waals surface area contributed by atoms with Crippen LogP contribution in [0.2, 0.25) is 0 Å². The molecule has 0 aromatic heterocycles. The van der Waals surface area contributed by atoms with Crippen molar-refractivity contribution in [3.8, 4) is 0 Å². The normalized spacial score (nSPS) is 17.0. The molecule has 4 heteroatoms. The van der Waals surface area contributed by atoms with Crippen LogP contribution in [0.15, 0.2) is 0 Å². The Kier molecular flexibility index (Phi) is 7.12. The van der Waals surface area contributed by atoms with Crippen LogP contribution in [-0.2, 0) is 19.1 Å². The zero-order chi connectivity index (χ0) is 19.5. The second-order valence-corrected chi connectivity index (χ2v) is 10.3. The Morgan fingerprint density at radius 1 is 0.840 bits per heavy atom. The van der Waals surface area contributed by atoms with E-state index in [1.165, 1.54) is 0 Å². The standard InChI is InChI=1S/C21H38O4/c1-15(2)21(16-11-9-10-12-16,17(22)24-13-19(3,4)5)18(23)25-14-20(6,7)8/h15-16H,9-14H2,1-8H3. The van der Waals surface area contributed by atoms with E-state index in [1.54, 1.807) is 0 Å². The maximum absolute atomic E-state index is 13.2. The molecule has 0 N–H and O–H groups in total. The molecule has 0 amide bonds. The van der Waals surface area contributed by atoms with Crippen molar-refractivity contribution >= 4 is 11.9 Å². The number of hydrogen-bond donors (Lipinski definition) is 0. The summed E-state index contributed by atoms with van der Waals surface area (Å²) in [5, 5.41) is 0. The van der Waals surface area contributed by atoms with E-state index in [9.17, 15) is 9.59 Å². The number of ether oxygens (including phenoxy) is 2. The Morgan fingerprint density at radius 2 is 1.20 bits per heavy atom. The highest BCUT2D eigenvalue weighted by molar-refractivity contribution is 6.01. The molecule has 0 heterocycles. The van der Waals surface area contributed by atoms with Gasteiger partial charge in [0.25, 0.3) is 0 Å². The minimum atomic E-state index is -1.19. The van der Waals surface area contributed by atoms with Crippen molar-refractivity contribution in [1.29, 1.82) is 0 Å². The number of hydrogen-bond acceptors (Lipinski definition) is 4. The molecule has 0 spiro atoms. The van der Waals surface area contributed by atoms with Crippen LogP contribution in [0, 0.1) is 28.1 Å². The summed E-state index contributed by atoms with van der Waals surface area (Å²) >= 11 is 0. The quantitative estimate of drug-likeness (QED) is 0.498. The number of carbonyl (C=O) groups is 2. The molecule has 4 nitrogen and oxygen atoms in total. The van der Waals surface area contributed by atoms with E-state index in [2.05, 4.69) is 0 Å². The van der Waals surface area contributed by atoms with Gasteiger partial charge in [0.2, 0.25) is 0 Å². The first-order valence-corrected chi connectivity index (χ1v) is 9.65. The third kappa shape index (κ3) is 5.72. The van der Waals surface area contributed by atoms with Crippen LogP contribution in [0.1, 0.15) is 81.1 Å². The summed E-state index contributed by atoms with van der Waals surface area (Å²) in [6, 6.07) is 0. The number of carbonyl (C=O) groups excluding carboxylic acids is 2. The molecule has 1 aliphatic carbocycles. The van der Waals surface area contributed by atoms with Gasteiger partial charge in [-0.2, -0.15) is 0 Å². The van der Waals surface area contributed by atoms with Crippen molar-refractivity contribution in [2.24, 2.45) is 28.1 Å². The monoisotopic (exact) mass is 354 g/mol. The van der Waals surface area contributed by atoms with Gasteiger partial charge in [0, 0.05) is 0 Å². The highest BCUT2D eigenvalue weighted by atomic mass is 16.6. The summed E-state index contributed by atoms with van der Waals surface area (Å²) < 4.78 is 11.3.